The summed E-state index contributed by atoms with van der Waals surface area (Å²) in [5.41, 5.74) is 3.95. The summed E-state index contributed by atoms with van der Waals surface area (Å²) in [6, 6.07) is 24.7. The Morgan fingerprint density at radius 3 is 2.22 bits per heavy atom. The summed E-state index contributed by atoms with van der Waals surface area (Å²) in [6.45, 7) is 2.35. The van der Waals surface area contributed by atoms with Crippen LogP contribution < -0.4 is 4.74 Å². The molecule has 3 aliphatic carbocycles. The van der Waals surface area contributed by atoms with Crippen molar-refractivity contribution < 1.29 is 19.1 Å². The van der Waals surface area contributed by atoms with E-state index in [9.17, 15) is 9.59 Å². The van der Waals surface area contributed by atoms with Gasteiger partial charge in [-0.05, 0) is 104 Å². The zero-order valence-corrected chi connectivity index (χ0v) is 20.7. The second-order valence-corrected chi connectivity index (χ2v) is 10.9. The minimum absolute atomic E-state index is 0.0164. The molecule has 2 fully saturated rings. The molecule has 5 unspecified atom stereocenters. The minimum Gasteiger partial charge on any atom is -0.458 e. The summed E-state index contributed by atoms with van der Waals surface area (Å²) >= 11 is 0. The molecule has 0 saturated heterocycles. The molecule has 3 aliphatic rings. The van der Waals surface area contributed by atoms with Crippen molar-refractivity contribution in [3.63, 3.8) is 0 Å². The molecule has 0 N–H and O–H groups in total. The van der Waals surface area contributed by atoms with Crippen LogP contribution in [-0.2, 0) is 11.2 Å². The highest BCUT2D eigenvalue weighted by atomic mass is 16.5. The third-order valence-corrected chi connectivity index (χ3v) is 9.09. The van der Waals surface area contributed by atoms with Crippen LogP contribution in [0, 0.1) is 17.3 Å². The van der Waals surface area contributed by atoms with Gasteiger partial charge in [-0.2, -0.15) is 0 Å². The van der Waals surface area contributed by atoms with E-state index in [1.807, 2.05) is 54.6 Å². The van der Waals surface area contributed by atoms with Gasteiger partial charge in [-0.25, -0.2) is 9.59 Å². The van der Waals surface area contributed by atoms with E-state index >= 15 is 0 Å². The first-order chi connectivity index (χ1) is 17.5. The smallest absolute Gasteiger partial charge is 0.343 e. The Labute approximate surface area is 212 Å². The van der Waals surface area contributed by atoms with Gasteiger partial charge in [0.1, 0.15) is 11.9 Å². The van der Waals surface area contributed by atoms with Crippen LogP contribution in [0.1, 0.15) is 76.8 Å². The summed E-state index contributed by atoms with van der Waals surface area (Å²) in [4.78, 5) is 25.3. The highest BCUT2D eigenvalue weighted by Gasteiger charge is 2.56. The van der Waals surface area contributed by atoms with Gasteiger partial charge in [0.2, 0.25) is 0 Å². The average molecular weight is 481 g/mol. The number of ether oxygens (including phenoxy) is 2. The first-order valence-corrected chi connectivity index (χ1v) is 13.2. The molecule has 0 radical (unpaired) electrons. The first kappa shape index (κ1) is 23.0. The van der Waals surface area contributed by atoms with Crippen molar-refractivity contribution in [2.75, 3.05) is 0 Å². The second kappa shape index (κ2) is 9.24. The lowest BCUT2D eigenvalue weighted by molar-refractivity contribution is -0.0427. The van der Waals surface area contributed by atoms with Crippen LogP contribution in [0.3, 0.4) is 0 Å². The quantitative estimate of drug-likeness (QED) is 0.298. The van der Waals surface area contributed by atoms with E-state index in [-0.39, 0.29) is 23.5 Å². The van der Waals surface area contributed by atoms with Crippen LogP contribution in [0.25, 0.3) is 0 Å². The lowest BCUT2D eigenvalue weighted by Crippen LogP contribution is -2.45. The third kappa shape index (κ3) is 4.03. The standard InChI is InChI=1S/C32H32O4/c1-32-19-18-26-25-15-13-24(35-30(33)21-8-4-2-5-9-21)20-23(25)12-14-27(26)28(32)16-17-29(32)36-31(34)22-10-6-3-7-11-22/h2-11,13,15,20,26-29H,12,14,16-19H2,1H3. The van der Waals surface area contributed by atoms with E-state index in [0.717, 1.165) is 38.5 Å². The molecule has 3 aromatic rings. The molecular weight excluding hydrogens is 448 g/mol. The lowest BCUT2D eigenvalue weighted by Gasteiger charge is -2.50. The largest absolute Gasteiger partial charge is 0.458 e. The molecule has 0 bridgehead atoms. The van der Waals surface area contributed by atoms with Gasteiger partial charge in [0, 0.05) is 5.41 Å². The van der Waals surface area contributed by atoms with E-state index in [0.29, 0.717) is 34.6 Å². The van der Waals surface area contributed by atoms with Gasteiger partial charge < -0.3 is 9.47 Å². The maximum Gasteiger partial charge on any atom is 0.343 e. The highest BCUT2D eigenvalue weighted by molar-refractivity contribution is 5.91. The number of hydrogen-bond acceptors (Lipinski definition) is 4. The van der Waals surface area contributed by atoms with Gasteiger partial charge in [0.25, 0.3) is 0 Å². The van der Waals surface area contributed by atoms with Gasteiger partial charge in [0.15, 0.2) is 0 Å². The third-order valence-electron chi connectivity index (χ3n) is 9.09. The monoisotopic (exact) mass is 480 g/mol. The Hall–Kier alpha value is -3.40. The molecule has 0 amide bonds. The van der Waals surface area contributed by atoms with Crippen molar-refractivity contribution in [3.8, 4) is 5.75 Å². The fourth-order valence-electron chi connectivity index (χ4n) is 7.28. The Kier molecular flexibility index (Phi) is 5.91. The Bertz CT molecular complexity index is 1270. The molecule has 4 nitrogen and oxygen atoms in total. The van der Waals surface area contributed by atoms with Crippen molar-refractivity contribution >= 4 is 11.9 Å². The van der Waals surface area contributed by atoms with Crippen molar-refractivity contribution in [1.29, 1.82) is 0 Å². The molecule has 184 valence electrons. The molecule has 5 atom stereocenters. The fourth-order valence-corrected chi connectivity index (χ4v) is 7.28. The predicted octanol–water partition coefficient (Wildman–Crippen LogP) is 6.99. The second-order valence-electron chi connectivity index (χ2n) is 10.9. The maximum absolute atomic E-state index is 12.8. The average Bonchev–Trinajstić information content (AvgIpc) is 3.25. The first-order valence-electron chi connectivity index (χ1n) is 13.2. The Morgan fingerprint density at radius 1 is 0.806 bits per heavy atom. The highest BCUT2D eigenvalue weighted by Crippen LogP contribution is 2.61. The summed E-state index contributed by atoms with van der Waals surface area (Å²) in [5.74, 6) is 1.79. The number of rotatable bonds is 4. The molecule has 0 aromatic heterocycles. The molecule has 36 heavy (non-hydrogen) atoms. The van der Waals surface area contributed by atoms with Gasteiger partial charge in [-0.1, -0.05) is 49.4 Å². The van der Waals surface area contributed by atoms with E-state index in [1.165, 1.54) is 11.1 Å². The number of carbonyl (C=O) groups is 2. The Balaban J connectivity index is 1.17. The van der Waals surface area contributed by atoms with Crippen LogP contribution in [0.2, 0.25) is 0 Å². The number of aryl methyl sites for hydroxylation is 1. The van der Waals surface area contributed by atoms with Crippen molar-refractivity contribution in [3.05, 3.63) is 101 Å². The molecule has 0 aliphatic heterocycles. The molecule has 0 spiro atoms. The van der Waals surface area contributed by atoms with Gasteiger partial charge in [0.05, 0.1) is 11.1 Å². The molecule has 4 heteroatoms. The van der Waals surface area contributed by atoms with Crippen LogP contribution in [0.15, 0.2) is 78.9 Å². The molecule has 6 rings (SSSR count). The van der Waals surface area contributed by atoms with Gasteiger partial charge in [-0.15, -0.1) is 0 Å². The molecule has 0 heterocycles. The van der Waals surface area contributed by atoms with Crippen LogP contribution in [0.4, 0.5) is 0 Å². The van der Waals surface area contributed by atoms with Crippen molar-refractivity contribution in [2.45, 2.75) is 57.5 Å². The zero-order chi connectivity index (χ0) is 24.7. The molecular formula is C32H32O4. The van der Waals surface area contributed by atoms with E-state index < -0.39 is 0 Å². The Morgan fingerprint density at radius 2 is 1.50 bits per heavy atom. The van der Waals surface area contributed by atoms with Crippen molar-refractivity contribution in [2.24, 2.45) is 17.3 Å². The molecule has 2 saturated carbocycles. The number of hydrogen-bond donors (Lipinski definition) is 0. The summed E-state index contributed by atoms with van der Waals surface area (Å²) in [5, 5.41) is 0. The van der Waals surface area contributed by atoms with E-state index in [1.54, 1.807) is 12.1 Å². The van der Waals surface area contributed by atoms with Crippen LogP contribution >= 0.6 is 0 Å². The number of fused-ring (bicyclic) bond motifs is 5. The van der Waals surface area contributed by atoms with Crippen LogP contribution in [0.5, 0.6) is 5.75 Å². The maximum atomic E-state index is 12.8. The summed E-state index contributed by atoms with van der Waals surface area (Å²) in [7, 11) is 0. The lowest BCUT2D eigenvalue weighted by atomic mass is 9.55. The van der Waals surface area contributed by atoms with Gasteiger partial charge >= 0.3 is 11.9 Å². The predicted molar refractivity (Wildman–Crippen MR) is 138 cm³/mol. The minimum atomic E-state index is -0.320. The normalized spacial score (nSPS) is 28.4. The summed E-state index contributed by atoms with van der Waals surface area (Å²) in [6.07, 6.45) is 6.35. The topological polar surface area (TPSA) is 52.6 Å². The number of esters is 2. The zero-order valence-electron chi connectivity index (χ0n) is 20.7. The van der Waals surface area contributed by atoms with Crippen molar-refractivity contribution in [1.82, 2.24) is 0 Å². The summed E-state index contributed by atoms with van der Waals surface area (Å²) < 4.78 is 11.8. The molecule has 3 aromatic carbocycles. The van der Waals surface area contributed by atoms with E-state index in [2.05, 4.69) is 19.1 Å². The number of carbonyl (C=O) groups excluding carboxylic acids is 2. The number of benzene rings is 3. The SMILES string of the molecule is CC12CCC3c4ccc(OC(=O)c5ccccc5)cc4CCC3C1CCC2OC(=O)c1ccccc1. The van der Waals surface area contributed by atoms with Crippen LogP contribution in [-0.4, -0.2) is 18.0 Å². The fraction of sp³-hybridized carbons (Fsp3) is 0.375. The van der Waals surface area contributed by atoms with E-state index in [4.69, 9.17) is 9.47 Å². The van der Waals surface area contributed by atoms with Gasteiger partial charge in [-0.3, -0.25) is 0 Å².